The molecule has 1 aromatic heterocycles. The number of methoxy groups -OCH3 is 1. The quantitative estimate of drug-likeness (QED) is 0.346. The summed E-state index contributed by atoms with van der Waals surface area (Å²) in [7, 11) is 1.55. The molecule has 2 aromatic carbocycles. The van der Waals surface area contributed by atoms with Crippen LogP contribution in [0.15, 0.2) is 54.7 Å². The van der Waals surface area contributed by atoms with Gasteiger partial charge in [-0.25, -0.2) is 0 Å². The highest BCUT2D eigenvalue weighted by molar-refractivity contribution is 5.95. The minimum atomic E-state index is -0.516. The van der Waals surface area contributed by atoms with Crippen molar-refractivity contribution < 1.29 is 14.4 Å². The van der Waals surface area contributed by atoms with Gasteiger partial charge >= 0.3 is 0 Å². The van der Waals surface area contributed by atoms with E-state index in [1.54, 1.807) is 49.6 Å². The maximum absolute atomic E-state index is 12.1. The first-order valence-corrected chi connectivity index (χ1v) is 6.80. The van der Waals surface area contributed by atoms with Crippen LogP contribution in [0.2, 0.25) is 0 Å². The van der Waals surface area contributed by atoms with E-state index in [2.05, 4.69) is 5.32 Å². The lowest BCUT2D eigenvalue weighted by molar-refractivity contribution is -0.576. The van der Waals surface area contributed by atoms with Gasteiger partial charge in [-0.05, 0) is 36.4 Å². The highest BCUT2D eigenvalue weighted by Crippen LogP contribution is 2.33. The Bertz CT molecular complexity index is 878. The molecular formula is C16H13N3O4. The van der Waals surface area contributed by atoms with Crippen LogP contribution in [-0.4, -0.2) is 12.0 Å². The van der Waals surface area contributed by atoms with E-state index in [0.29, 0.717) is 21.6 Å². The zero-order valence-electron chi connectivity index (χ0n) is 12.2. The number of hydrogen-bond donors (Lipinski definition) is 1. The van der Waals surface area contributed by atoms with Crippen molar-refractivity contribution in [3.05, 3.63) is 70.0 Å². The van der Waals surface area contributed by atoms with Crippen molar-refractivity contribution in [1.82, 2.24) is 0 Å². The van der Waals surface area contributed by atoms with E-state index < -0.39 is 4.92 Å². The number of nitrogens with one attached hydrogen (secondary N) is 1. The van der Waals surface area contributed by atoms with Crippen molar-refractivity contribution >= 4 is 28.0 Å². The first-order chi connectivity index (χ1) is 11.1. The van der Waals surface area contributed by atoms with Crippen molar-refractivity contribution in [3.63, 3.8) is 0 Å². The number of fused-ring (bicyclic) bond motifs is 1. The second kappa shape index (κ2) is 5.80. The molecular weight excluding hydrogens is 298 g/mol. The molecule has 3 rings (SSSR count). The molecule has 7 heteroatoms. The number of nitro groups is 1. The number of ether oxygens (including phenoxy) is 1. The lowest BCUT2D eigenvalue weighted by atomic mass is 10.1. The fourth-order valence-electron chi connectivity index (χ4n) is 2.36. The van der Waals surface area contributed by atoms with Crippen molar-refractivity contribution in [2.24, 2.45) is 0 Å². The van der Waals surface area contributed by atoms with Gasteiger partial charge in [0.1, 0.15) is 5.75 Å². The number of rotatable bonds is 4. The van der Waals surface area contributed by atoms with E-state index in [9.17, 15) is 15.3 Å². The van der Waals surface area contributed by atoms with E-state index >= 15 is 0 Å². The van der Waals surface area contributed by atoms with Gasteiger partial charge in [0.15, 0.2) is 11.9 Å². The zero-order valence-corrected chi connectivity index (χ0v) is 12.2. The molecule has 0 atom stereocenters. The predicted molar refractivity (Wildman–Crippen MR) is 85.8 cm³/mol. The average molecular weight is 311 g/mol. The molecule has 0 unspecified atom stereocenters. The monoisotopic (exact) mass is 311 g/mol. The predicted octanol–water partition coefficient (Wildman–Crippen LogP) is 3.13. The number of nitro benzene ring substituents is 1. The summed E-state index contributed by atoms with van der Waals surface area (Å²) in [5.41, 5.74) is 0.833. The molecule has 0 amide bonds. The topological polar surface area (TPSA) is 91.3 Å². The van der Waals surface area contributed by atoms with Crippen LogP contribution >= 0.6 is 0 Å². The second-order valence-electron chi connectivity index (χ2n) is 4.84. The fraction of sp³-hybridized carbons (Fsp3) is 0.0625. The molecule has 0 aliphatic rings. The molecule has 1 N–H and O–H groups in total. The van der Waals surface area contributed by atoms with Crippen molar-refractivity contribution in [2.75, 3.05) is 12.4 Å². The normalized spacial score (nSPS) is 10.5. The molecule has 3 aromatic rings. The Labute approximate surface area is 131 Å². The van der Waals surface area contributed by atoms with Gasteiger partial charge in [-0.1, -0.05) is 0 Å². The summed E-state index contributed by atoms with van der Waals surface area (Å²) < 4.78 is 5.70. The molecule has 7 nitrogen and oxygen atoms in total. The Morgan fingerprint density at radius 2 is 1.87 bits per heavy atom. The number of anilines is 2. The highest BCUT2D eigenvalue weighted by atomic mass is 16.6. The molecule has 0 bridgehead atoms. The number of hydrogen-bond acceptors (Lipinski definition) is 5. The number of aromatic nitrogens is 1. The van der Waals surface area contributed by atoms with Gasteiger partial charge in [0.05, 0.1) is 17.4 Å². The number of pyridine rings is 1. The SMILES string of the molecule is COc1ccc(Nc2c([N+](=O)[O-])ccc3ccc[n+]([O-])c23)cc1. The zero-order chi connectivity index (χ0) is 16.4. The summed E-state index contributed by atoms with van der Waals surface area (Å²) in [6, 6.07) is 13.2. The van der Waals surface area contributed by atoms with Gasteiger partial charge in [0.2, 0.25) is 0 Å². The van der Waals surface area contributed by atoms with Crippen LogP contribution < -0.4 is 14.8 Å². The lowest BCUT2D eigenvalue weighted by Gasteiger charge is -2.10. The molecule has 0 fully saturated rings. The smallest absolute Gasteiger partial charge is 0.299 e. The van der Waals surface area contributed by atoms with E-state index in [-0.39, 0.29) is 16.9 Å². The maximum atomic E-state index is 12.1. The van der Waals surface area contributed by atoms with Crippen LogP contribution in [0.3, 0.4) is 0 Å². The highest BCUT2D eigenvalue weighted by Gasteiger charge is 2.22. The summed E-state index contributed by atoms with van der Waals surface area (Å²) in [5, 5.41) is 27.0. The third-order valence-corrected chi connectivity index (χ3v) is 3.46. The van der Waals surface area contributed by atoms with Gasteiger partial charge < -0.3 is 15.3 Å². The van der Waals surface area contributed by atoms with Crippen LogP contribution in [0.25, 0.3) is 10.9 Å². The summed E-state index contributed by atoms with van der Waals surface area (Å²) in [6.07, 6.45) is 1.31. The molecule has 0 saturated heterocycles. The molecule has 0 aliphatic carbocycles. The first-order valence-electron chi connectivity index (χ1n) is 6.80. The molecule has 23 heavy (non-hydrogen) atoms. The van der Waals surface area contributed by atoms with Crippen molar-refractivity contribution in [1.29, 1.82) is 0 Å². The Hall–Kier alpha value is -3.35. The Morgan fingerprint density at radius 3 is 2.52 bits per heavy atom. The third-order valence-electron chi connectivity index (χ3n) is 3.46. The number of benzene rings is 2. The summed E-state index contributed by atoms with van der Waals surface area (Å²) in [6.45, 7) is 0. The number of nitrogens with zero attached hydrogens (tertiary/aromatic N) is 2. The first kappa shape index (κ1) is 14.6. The Morgan fingerprint density at radius 1 is 1.13 bits per heavy atom. The standard InChI is InChI=1S/C16H13N3O4/c1-23-13-7-5-12(6-8-13)17-15-14(19(21)22)9-4-11-3-2-10-18(20)16(11)15/h2-10,17H,1H3. The molecule has 1 heterocycles. The van der Waals surface area contributed by atoms with Gasteiger partial charge in [0.25, 0.3) is 11.2 Å². The largest absolute Gasteiger partial charge is 0.618 e. The van der Waals surface area contributed by atoms with Crippen molar-refractivity contribution in [3.8, 4) is 5.75 Å². The molecule has 116 valence electrons. The lowest BCUT2D eigenvalue weighted by Crippen LogP contribution is -2.27. The summed E-state index contributed by atoms with van der Waals surface area (Å²) in [4.78, 5) is 10.8. The van der Waals surface area contributed by atoms with Gasteiger partial charge in [-0.3, -0.25) is 10.1 Å². The van der Waals surface area contributed by atoms with E-state index in [1.807, 2.05) is 0 Å². The Balaban J connectivity index is 2.16. The maximum Gasteiger partial charge on any atom is 0.299 e. The van der Waals surface area contributed by atoms with Crippen molar-refractivity contribution in [2.45, 2.75) is 0 Å². The minimum absolute atomic E-state index is 0.160. The van der Waals surface area contributed by atoms with Crippen LogP contribution in [-0.2, 0) is 0 Å². The van der Waals surface area contributed by atoms with E-state index in [1.165, 1.54) is 12.3 Å². The van der Waals surface area contributed by atoms with Gasteiger partial charge in [-0.2, -0.15) is 4.73 Å². The molecule has 0 aliphatic heterocycles. The van der Waals surface area contributed by atoms with Crippen LogP contribution in [0.1, 0.15) is 0 Å². The molecule has 0 radical (unpaired) electrons. The Kier molecular flexibility index (Phi) is 3.68. The second-order valence-corrected chi connectivity index (χ2v) is 4.84. The van der Waals surface area contributed by atoms with Crippen LogP contribution in [0.5, 0.6) is 5.75 Å². The molecule has 0 saturated carbocycles. The summed E-state index contributed by atoms with van der Waals surface area (Å²) in [5.74, 6) is 0.668. The summed E-state index contributed by atoms with van der Waals surface area (Å²) >= 11 is 0. The van der Waals surface area contributed by atoms with Crippen LogP contribution in [0.4, 0.5) is 17.1 Å². The fourth-order valence-corrected chi connectivity index (χ4v) is 2.36. The van der Waals surface area contributed by atoms with Gasteiger partial charge in [0, 0.05) is 17.8 Å². The van der Waals surface area contributed by atoms with Crippen LogP contribution in [0, 0.1) is 15.3 Å². The third kappa shape index (κ3) is 2.71. The van der Waals surface area contributed by atoms with E-state index in [0.717, 1.165) is 0 Å². The average Bonchev–Trinajstić information content (AvgIpc) is 2.55. The molecule has 0 spiro atoms. The van der Waals surface area contributed by atoms with Gasteiger partial charge in [-0.15, -0.1) is 0 Å². The van der Waals surface area contributed by atoms with E-state index in [4.69, 9.17) is 4.74 Å². The minimum Gasteiger partial charge on any atom is -0.618 e.